The third-order valence-electron chi connectivity index (χ3n) is 2.73. The van der Waals surface area contributed by atoms with Gasteiger partial charge in [0.2, 0.25) is 0 Å². The molecule has 0 aliphatic carbocycles. The van der Waals surface area contributed by atoms with E-state index in [1.165, 1.54) is 18.2 Å². The van der Waals surface area contributed by atoms with E-state index in [0.717, 1.165) is 11.8 Å². The molecule has 2 aromatic rings. The minimum Gasteiger partial charge on any atom is -0.382 e. The van der Waals surface area contributed by atoms with Crippen LogP contribution in [0.4, 0.5) is 11.5 Å². The molecule has 1 aromatic heterocycles. The van der Waals surface area contributed by atoms with Gasteiger partial charge < -0.3 is 11.1 Å². The van der Waals surface area contributed by atoms with E-state index >= 15 is 0 Å². The number of H-pyrrole nitrogens is 1. The van der Waals surface area contributed by atoms with Gasteiger partial charge in [-0.2, -0.15) is 5.10 Å². The first-order chi connectivity index (χ1) is 9.27. The molecule has 0 saturated heterocycles. The number of nitrogens with zero attached hydrogens (tertiary/aromatic N) is 1. The van der Waals surface area contributed by atoms with Crippen LogP contribution in [0.15, 0.2) is 29.2 Å². The minimum absolute atomic E-state index is 0.141. The molecule has 0 radical (unpaired) electrons. The van der Waals surface area contributed by atoms with Crippen LogP contribution >= 0.6 is 0 Å². The number of hydrogen-bond acceptors (Lipinski definition) is 5. The topological polar surface area (TPSA) is 118 Å². The summed E-state index contributed by atoms with van der Waals surface area (Å²) < 4.78 is 23.0. The Morgan fingerprint density at radius 1 is 1.35 bits per heavy atom. The smallest absolute Gasteiger partial charge is 0.273 e. The molecule has 0 unspecified atom stereocenters. The standard InChI is InChI=1S/C12H14N4O3S/c1-7-3-4-8(20(2,18)19)5-9(7)14-12(17)10-6-11(13)16-15-10/h3-6H,1-2H3,(H,14,17)(H3,13,15,16). The third-order valence-corrected chi connectivity index (χ3v) is 3.84. The fourth-order valence-electron chi connectivity index (χ4n) is 1.61. The second-order valence-corrected chi connectivity index (χ2v) is 6.43. The lowest BCUT2D eigenvalue weighted by Crippen LogP contribution is -2.14. The number of rotatable bonds is 3. The van der Waals surface area contributed by atoms with Crippen molar-refractivity contribution in [2.75, 3.05) is 17.3 Å². The van der Waals surface area contributed by atoms with Crippen LogP contribution in [-0.2, 0) is 9.84 Å². The minimum atomic E-state index is -3.33. The van der Waals surface area contributed by atoms with Crippen molar-refractivity contribution in [2.24, 2.45) is 0 Å². The quantitative estimate of drug-likeness (QED) is 0.779. The Balaban J connectivity index is 2.31. The van der Waals surface area contributed by atoms with Gasteiger partial charge in [0.25, 0.3) is 5.91 Å². The first kappa shape index (κ1) is 14.1. The Morgan fingerprint density at radius 3 is 2.60 bits per heavy atom. The average molecular weight is 294 g/mol. The lowest BCUT2D eigenvalue weighted by Gasteiger charge is -2.09. The molecule has 4 N–H and O–H groups in total. The van der Waals surface area contributed by atoms with E-state index in [-0.39, 0.29) is 16.4 Å². The zero-order valence-electron chi connectivity index (χ0n) is 11.0. The Morgan fingerprint density at radius 2 is 2.05 bits per heavy atom. The highest BCUT2D eigenvalue weighted by Crippen LogP contribution is 2.20. The molecule has 106 valence electrons. The van der Waals surface area contributed by atoms with Crippen LogP contribution in [0.5, 0.6) is 0 Å². The highest BCUT2D eigenvalue weighted by atomic mass is 32.2. The van der Waals surface area contributed by atoms with Crippen molar-refractivity contribution < 1.29 is 13.2 Å². The number of anilines is 2. The summed E-state index contributed by atoms with van der Waals surface area (Å²) in [7, 11) is -3.33. The van der Waals surface area contributed by atoms with Gasteiger partial charge in [-0.3, -0.25) is 9.89 Å². The van der Waals surface area contributed by atoms with E-state index in [1.54, 1.807) is 13.0 Å². The van der Waals surface area contributed by atoms with Crippen molar-refractivity contribution in [1.29, 1.82) is 0 Å². The molecule has 0 fully saturated rings. The number of sulfone groups is 1. The molecule has 2 rings (SSSR count). The Kier molecular flexibility index (Phi) is 3.49. The molecule has 1 heterocycles. The molecule has 0 aliphatic rings. The van der Waals surface area contributed by atoms with Gasteiger partial charge in [-0.05, 0) is 24.6 Å². The zero-order chi connectivity index (χ0) is 14.9. The van der Waals surface area contributed by atoms with Gasteiger partial charge in [-0.1, -0.05) is 6.07 Å². The summed E-state index contributed by atoms with van der Waals surface area (Å²) in [6.07, 6.45) is 1.11. The maximum Gasteiger partial charge on any atom is 0.273 e. The van der Waals surface area contributed by atoms with Gasteiger partial charge >= 0.3 is 0 Å². The number of nitrogens with one attached hydrogen (secondary N) is 2. The lowest BCUT2D eigenvalue weighted by atomic mass is 10.2. The summed E-state index contributed by atoms with van der Waals surface area (Å²) in [4.78, 5) is 12.1. The highest BCUT2D eigenvalue weighted by Gasteiger charge is 2.13. The van der Waals surface area contributed by atoms with Crippen molar-refractivity contribution in [1.82, 2.24) is 10.2 Å². The average Bonchev–Trinajstić information content (AvgIpc) is 2.77. The predicted molar refractivity (Wildman–Crippen MR) is 75.2 cm³/mol. The van der Waals surface area contributed by atoms with Crippen molar-refractivity contribution >= 4 is 27.2 Å². The second-order valence-electron chi connectivity index (χ2n) is 4.41. The fraction of sp³-hybridized carbons (Fsp3) is 0.167. The number of aromatic amines is 1. The van der Waals surface area contributed by atoms with Gasteiger partial charge in [-0.15, -0.1) is 0 Å². The number of aromatic nitrogens is 2. The molecule has 0 spiro atoms. The van der Waals surface area contributed by atoms with Crippen LogP contribution in [0.3, 0.4) is 0 Å². The number of hydrogen-bond donors (Lipinski definition) is 3. The predicted octanol–water partition coefficient (Wildman–Crippen LogP) is 0.956. The zero-order valence-corrected chi connectivity index (χ0v) is 11.8. The van der Waals surface area contributed by atoms with Crippen LogP contribution in [0.1, 0.15) is 16.1 Å². The first-order valence-electron chi connectivity index (χ1n) is 5.70. The summed E-state index contributed by atoms with van der Waals surface area (Å²) in [5.74, 6) is -0.236. The second kappa shape index (κ2) is 4.97. The summed E-state index contributed by atoms with van der Waals surface area (Å²) in [5.41, 5.74) is 6.79. The Hall–Kier alpha value is -2.35. The molecular weight excluding hydrogens is 280 g/mol. The summed E-state index contributed by atoms with van der Waals surface area (Å²) >= 11 is 0. The molecule has 0 atom stereocenters. The molecule has 20 heavy (non-hydrogen) atoms. The van der Waals surface area contributed by atoms with E-state index in [1.807, 2.05) is 0 Å². The van der Waals surface area contributed by atoms with Crippen LogP contribution in [0.2, 0.25) is 0 Å². The normalized spacial score (nSPS) is 11.3. The Labute approximate surface area is 116 Å². The van der Waals surface area contributed by atoms with E-state index < -0.39 is 15.7 Å². The summed E-state index contributed by atoms with van der Waals surface area (Å²) in [6, 6.07) is 5.94. The van der Waals surface area contributed by atoms with Crippen molar-refractivity contribution in [3.8, 4) is 0 Å². The van der Waals surface area contributed by atoms with E-state index in [4.69, 9.17) is 5.73 Å². The van der Waals surface area contributed by atoms with Crippen LogP contribution < -0.4 is 11.1 Å². The van der Waals surface area contributed by atoms with E-state index in [9.17, 15) is 13.2 Å². The van der Waals surface area contributed by atoms with Crippen LogP contribution in [-0.4, -0.2) is 30.8 Å². The Bertz CT molecular complexity index is 765. The van der Waals surface area contributed by atoms with Gasteiger partial charge in [0.05, 0.1) is 4.90 Å². The molecule has 1 amide bonds. The third kappa shape index (κ3) is 2.97. The maximum atomic E-state index is 12.0. The number of nitrogen functional groups attached to an aromatic ring is 1. The number of benzene rings is 1. The SMILES string of the molecule is Cc1ccc(S(C)(=O)=O)cc1NC(=O)c1cc(N)n[nH]1. The van der Waals surface area contributed by atoms with Gasteiger partial charge in [-0.25, -0.2) is 8.42 Å². The first-order valence-corrected chi connectivity index (χ1v) is 7.59. The molecule has 8 heteroatoms. The summed E-state index contributed by atoms with van der Waals surface area (Å²) in [6.45, 7) is 1.77. The largest absolute Gasteiger partial charge is 0.382 e. The fourth-order valence-corrected chi connectivity index (χ4v) is 2.26. The number of nitrogens with two attached hydrogens (primary N) is 1. The van der Waals surface area contributed by atoms with Crippen LogP contribution in [0.25, 0.3) is 0 Å². The van der Waals surface area contributed by atoms with Crippen molar-refractivity contribution in [3.05, 3.63) is 35.5 Å². The van der Waals surface area contributed by atoms with E-state index in [2.05, 4.69) is 15.5 Å². The van der Waals surface area contributed by atoms with Crippen LogP contribution in [0, 0.1) is 6.92 Å². The molecule has 7 nitrogen and oxygen atoms in total. The van der Waals surface area contributed by atoms with Crippen molar-refractivity contribution in [2.45, 2.75) is 11.8 Å². The molecule has 0 saturated carbocycles. The number of carbonyl (C=O) groups excluding carboxylic acids is 1. The molecular formula is C12H14N4O3S. The molecule has 0 bridgehead atoms. The van der Waals surface area contributed by atoms with Gasteiger partial charge in [0.1, 0.15) is 11.5 Å². The monoisotopic (exact) mass is 294 g/mol. The number of carbonyl (C=O) groups is 1. The maximum absolute atomic E-state index is 12.0. The van der Waals surface area contributed by atoms with Crippen molar-refractivity contribution in [3.63, 3.8) is 0 Å². The van der Waals surface area contributed by atoms with E-state index in [0.29, 0.717) is 5.69 Å². The van der Waals surface area contributed by atoms with Gasteiger partial charge in [0.15, 0.2) is 9.84 Å². The highest BCUT2D eigenvalue weighted by molar-refractivity contribution is 7.90. The molecule has 1 aromatic carbocycles. The summed E-state index contributed by atoms with van der Waals surface area (Å²) in [5, 5.41) is 8.76. The lowest BCUT2D eigenvalue weighted by molar-refractivity contribution is 0.102. The van der Waals surface area contributed by atoms with Gasteiger partial charge in [0, 0.05) is 18.0 Å². The number of amides is 1. The molecule has 0 aliphatic heterocycles. The number of aryl methyl sites for hydroxylation is 1.